The standard InChI is InChI=1S/C29H33IN2O9/c1-11-15-13(30)9-10-14(33)17(15)22(34)18-16(11)24(41-28(39)12-7-5-4-6-8-12)20-21(32(2)3)23(35)19(27(31)38)26(37)29(20,40)25(18)36/h9-12,16,20-21,24,33-34,37,40H,4-8H2,1-3H3,(H2,31,38). The number of nitrogens with zero attached hydrogens (tertiary/aromatic N) is 1. The molecule has 41 heavy (non-hydrogen) atoms. The minimum absolute atomic E-state index is 0.0157. The Bertz CT molecular complexity index is 1430. The fourth-order valence-electron chi connectivity index (χ4n) is 7.33. The molecule has 0 aromatic heterocycles. The SMILES string of the molecule is CC1c2c(I)ccc(O)c2C(O)=C2C(=O)C3(O)C(O)=C(C(N)=O)C(=O)C(N(C)C)C3C(OC(=O)C3CCCCC3)C21. The zero-order chi connectivity index (χ0) is 30.1. The minimum atomic E-state index is -2.95. The van der Waals surface area contributed by atoms with Gasteiger partial charge in [0.05, 0.1) is 23.4 Å². The van der Waals surface area contributed by atoms with Crippen molar-refractivity contribution in [1.29, 1.82) is 0 Å². The number of aromatic hydroxyl groups is 1. The first-order valence-corrected chi connectivity index (χ1v) is 14.7. The number of benzene rings is 1. The number of rotatable bonds is 4. The first-order chi connectivity index (χ1) is 19.2. The predicted molar refractivity (Wildman–Crippen MR) is 154 cm³/mol. The molecule has 4 aliphatic rings. The Kier molecular flexibility index (Phi) is 7.48. The molecule has 6 atom stereocenters. The van der Waals surface area contributed by atoms with Gasteiger partial charge < -0.3 is 30.9 Å². The number of primary amides is 1. The zero-order valence-electron chi connectivity index (χ0n) is 22.9. The van der Waals surface area contributed by atoms with Crippen LogP contribution in [-0.4, -0.2) is 80.6 Å². The van der Waals surface area contributed by atoms with E-state index in [9.17, 15) is 39.6 Å². The van der Waals surface area contributed by atoms with Crippen molar-refractivity contribution in [2.75, 3.05) is 14.1 Å². The molecule has 0 aliphatic heterocycles. The Balaban J connectivity index is 1.81. The lowest BCUT2D eigenvalue weighted by atomic mass is 9.54. The van der Waals surface area contributed by atoms with Gasteiger partial charge in [-0.3, -0.25) is 24.1 Å². The highest BCUT2D eigenvalue weighted by Crippen LogP contribution is 2.57. The third-order valence-corrected chi connectivity index (χ3v) is 10.2. The van der Waals surface area contributed by atoms with E-state index >= 15 is 0 Å². The molecule has 4 aliphatic carbocycles. The maximum absolute atomic E-state index is 14.3. The smallest absolute Gasteiger partial charge is 0.309 e. The quantitative estimate of drug-likeness (QED) is 0.179. The summed E-state index contributed by atoms with van der Waals surface area (Å²) in [6.07, 6.45) is 2.44. The van der Waals surface area contributed by atoms with E-state index in [2.05, 4.69) is 0 Å². The summed E-state index contributed by atoms with van der Waals surface area (Å²) in [7, 11) is 3.00. The highest BCUT2D eigenvalue weighted by atomic mass is 127. The molecule has 1 aromatic carbocycles. The summed E-state index contributed by atoms with van der Waals surface area (Å²) in [4.78, 5) is 55.3. The number of likely N-dealkylation sites (N-methyl/N-ethyl adjacent to an activating group) is 1. The van der Waals surface area contributed by atoms with Gasteiger partial charge in [0.2, 0.25) is 5.78 Å². The fraction of sp³-hybridized carbons (Fsp3) is 0.517. The molecule has 5 rings (SSSR count). The molecular formula is C29H33IN2O9. The number of carbonyl (C=O) groups excluding carboxylic acids is 4. The van der Waals surface area contributed by atoms with E-state index in [1.165, 1.54) is 25.1 Å². The van der Waals surface area contributed by atoms with E-state index in [0.29, 0.717) is 22.0 Å². The summed E-state index contributed by atoms with van der Waals surface area (Å²) in [6, 6.07) is 1.61. The van der Waals surface area contributed by atoms with E-state index in [1.54, 1.807) is 13.0 Å². The molecule has 11 nitrogen and oxygen atoms in total. The molecule has 12 heteroatoms. The minimum Gasteiger partial charge on any atom is -0.508 e. The van der Waals surface area contributed by atoms with Gasteiger partial charge in [-0.15, -0.1) is 0 Å². The van der Waals surface area contributed by atoms with Crippen molar-refractivity contribution in [2.24, 2.45) is 23.5 Å². The van der Waals surface area contributed by atoms with Gasteiger partial charge in [-0.2, -0.15) is 0 Å². The molecule has 0 heterocycles. The Morgan fingerprint density at radius 3 is 2.32 bits per heavy atom. The van der Waals surface area contributed by atoms with Gasteiger partial charge in [0, 0.05) is 15.1 Å². The number of ketones is 2. The molecule has 6 N–H and O–H groups in total. The highest BCUT2D eigenvalue weighted by Gasteiger charge is 2.69. The summed E-state index contributed by atoms with van der Waals surface area (Å²) in [5.41, 5.74) is 1.67. The lowest BCUT2D eigenvalue weighted by Crippen LogP contribution is -2.71. The van der Waals surface area contributed by atoms with Crippen LogP contribution in [0.4, 0.5) is 0 Å². The van der Waals surface area contributed by atoms with Gasteiger partial charge in [0.15, 0.2) is 11.4 Å². The second-order valence-electron chi connectivity index (χ2n) is 11.7. The van der Waals surface area contributed by atoms with Gasteiger partial charge in [0.1, 0.15) is 28.9 Å². The van der Waals surface area contributed by atoms with Crippen LogP contribution in [0.2, 0.25) is 0 Å². The summed E-state index contributed by atoms with van der Waals surface area (Å²) in [5, 5.41) is 45.6. The molecule has 220 valence electrons. The Hall–Kier alpha value is -2.97. The number of hydrogen-bond donors (Lipinski definition) is 5. The number of hydrogen-bond acceptors (Lipinski definition) is 10. The lowest BCUT2D eigenvalue weighted by molar-refractivity contribution is -0.188. The summed E-state index contributed by atoms with van der Waals surface area (Å²) < 4.78 is 6.84. The lowest BCUT2D eigenvalue weighted by Gasteiger charge is -2.54. The molecule has 1 aromatic rings. The number of amides is 1. The number of phenols is 1. The summed E-state index contributed by atoms with van der Waals surface area (Å²) >= 11 is 2.04. The Morgan fingerprint density at radius 2 is 1.73 bits per heavy atom. The Labute approximate surface area is 250 Å². The van der Waals surface area contributed by atoms with Crippen LogP contribution in [0.25, 0.3) is 5.76 Å². The van der Waals surface area contributed by atoms with Crippen LogP contribution < -0.4 is 5.73 Å². The number of halogens is 1. The van der Waals surface area contributed by atoms with Crippen LogP contribution in [0.3, 0.4) is 0 Å². The molecular weight excluding hydrogens is 647 g/mol. The van der Waals surface area contributed by atoms with Gasteiger partial charge in [0.25, 0.3) is 5.91 Å². The Morgan fingerprint density at radius 1 is 1.10 bits per heavy atom. The number of ether oxygens (including phenoxy) is 1. The largest absolute Gasteiger partial charge is 0.508 e. The fourth-order valence-corrected chi connectivity index (χ4v) is 8.27. The number of phenolic OH excluding ortho intramolecular Hbond substituents is 1. The van der Waals surface area contributed by atoms with E-state index < -0.39 is 82.0 Å². The van der Waals surface area contributed by atoms with Crippen molar-refractivity contribution in [3.05, 3.63) is 43.7 Å². The number of aliphatic hydroxyl groups is 3. The number of aliphatic hydroxyl groups excluding tert-OH is 2. The van der Waals surface area contributed by atoms with Crippen molar-refractivity contribution in [2.45, 2.75) is 62.7 Å². The van der Waals surface area contributed by atoms with Crippen molar-refractivity contribution in [3.8, 4) is 5.75 Å². The van der Waals surface area contributed by atoms with Crippen LogP contribution in [0, 0.1) is 21.3 Å². The number of esters is 1. The molecule has 2 fully saturated rings. The number of carbonyl (C=O) groups is 4. The van der Waals surface area contributed by atoms with Gasteiger partial charge in [-0.1, -0.05) is 26.2 Å². The molecule has 0 spiro atoms. The molecule has 0 bridgehead atoms. The topological polar surface area (TPSA) is 188 Å². The third kappa shape index (κ3) is 4.20. The third-order valence-electron chi connectivity index (χ3n) is 9.22. The van der Waals surface area contributed by atoms with Crippen LogP contribution >= 0.6 is 22.6 Å². The van der Waals surface area contributed by atoms with E-state index in [1.807, 2.05) is 22.6 Å². The van der Waals surface area contributed by atoms with Gasteiger partial charge in [-0.05, 0) is 73.1 Å². The molecule has 2 saturated carbocycles. The van der Waals surface area contributed by atoms with Crippen molar-refractivity contribution < 1.29 is 44.3 Å². The predicted octanol–water partition coefficient (Wildman–Crippen LogP) is 2.23. The van der Waals surface area contributed by atoms with Crippen LogP contribution in [0.5, 0.6) is 5.75 Å². The second-order valence-corrected chi connectivity index (χ2v) is 12.8. The van der Waals surface area contributed by atoms with E-state index in [4.69, 9.17) is 10.5 Å². The van der Waals surface area contributed by atoms with E-state index in [-0.39, 0.29) is 16.9 Å². The number of Topliss-reactive ketones (excluding diaryl/α,β-unsaturated/α-hetero) is 2. The molecule has 0 saturated heterocycles. The monoisotopic (exact) mass is 680 g/mol. The van der Waals surface area contributed by atoms with Crippen LogP contribution in [0.1, 0.15) is 56.1 Å². The zero-order valence-corrected chi connectivity index (χ0v) is 25.0. The number of nitrogens with two attached hydrogens (primary N) is 1. The first kappa shape index (κ1) is 29.5. The summed E-state index contributed by atoms with van der Waals surface area (Å²) in [5.74, 6) is -9.87. The molecule has 0 radical (unpaired) electrons. The molecule has 1 amide bonds. The van der Waals surface area contributed by atoms with Crippen molar-refractivity contribution in [3.63, 3.8) is 0 Å². The van der Waals surface area contributed by atoms with Crippen LogP contribution in [0.15, 0.2) is 29.0 Å². The first-order valence-electron chi connectivity index (χ1n) is 13.6. The number of fused-ring (bicyclic) bond motifs is 3. The average Bonchev–Trinajstić information content (AvgIpc) is 2.91. The van der Waals surface area contributed by atoms with Crippen molar-refractivity contribution in [1.82, 2.24) is 4.90 Å². The van der Waals surface area contributed by atoms with E-state index in [0.717, 1.165) is 19.3 Å². The summed E-state index contributed by atoms with van der Waals surface area (Å²) in [6.45, 7) is 1.75. The maximum Gasteiger partial charge on any atom is 0.309 e. The highest BCUT2D eigenvalue weighted by molar-refractivity contribution is 14.1. The van der Waals surface area contributed by atoms with Crippen LogP contribution in [-0.2, 0) is 23.9 Å². The second kappa shape index (κ2) is 10.4. The maximum atomic E-state index is 14.3. The normalized spacial score (nSPS) is 32.0. The van der Waals surface area contributed by atoms with Gasteiger partial charge in [-0.25, -0.2) is 0 Å². The van der Waals surface area contributed by atoms with Gasteiger partial charge >= 0.3 is 5.97 Å². The average molecular weight is 680 g/mol. The van der Waals surface area contributed by atoms with Crippen molar-refractivity contribution >= 4 is 51.8 Å². The molecule has 6 unspecified atom stereocenters.